The zero-order valence-corrected chi connectivity index (χ0v) is 7.63. The van der Waals surface area contributed by atoms with Gasteiger partial charge in [0.25, 0.3) is 0 Å². The van der Waals surface area contributed by atoms with Crippen LogP contribution in [0.2, 0.25) is 0 Å². The molecular formula is C9H17NO. The van der Waals surface area contributed by atoms with E-state index in [1.54, 1.807) is 0 Å². The van der Waals surface area contributed by atoms with E-state index in [1.807, 2.05) is 0 Å². The molecule has 0 spiro atoms. The highest BCUT2D eigenvalue weighted by molar-refractivity contribution is 5.54. The van der Waals surface area contributed by atoms with Crippen molar-refractivity contribution in [1.29, 1.82) is 0 Å². The Kier molecular flexibility index (Phi) is 2.33. The molecule has 1 aliphatic heterocycles. The van der Waals surface area contributed by atoms with Gasteiger partial charge >= 0.3 is 0 Å². The lowest BCUT2D eigenvalue weighted by atomic mass is 10.1. The van der Waals surface area contributed by atoms with Crippen molar-refractivity contribution in [1.82, 2.24) is 4.90 Å². The number of aldehydes is 1. The lowest BCUT2D eigenvalue weighted by Crippen LogP contribution is -2.39. The third-order valence-corrected chi connectivity index (χ3v) is 2.37. The second-order valence-electron chi connectivity index (χ2n) is 4.30. The minimum absolute atomic E-state index is 0.234. The van der Waals surface area contributed by atoms with Crippen LogP contribution in [0.1, 0.15) is 27.2 Å². The maximum Gasteiger partial charge on any atom is 0.124 e. The van der Waals surface area contributed by atoms with Gasteiger partial charge in [0.15, 0.2) is 0 Å². The molecule has 0 aliphatic carbocycles. The van der Waals surface area contributed by atoms with E-state index >= 15 is 0 Å². The van der Waals surface area contributed by atoms with E-state index in [4.69, 9.17) is 0 Å². The monoisotopic (exact) mass is 155 g/mol. The molecule has 0 bridgehead atoms. The maximum absolute atomic E-state index is 10.5. The Hall–Kier alpha value is -0.370. The SMILES string of the molecule is CC(C)(C)N1CCC(C=O)C1. The topological polar surface area (TPSA) is 20.3 Å². The molecule has 2 nitrogen and oxygen atoms in total. The molecule has 0 aromatic heterocycles. The fourth-order valence-electron chi connectivity index (χ4n) is 1.51. The highest BCUT2D eigenvalue weighted by Crippen LogP contribution is 2.22. The van der Waals surface area contributed by atoms with Gasteiger partial charge in [-0.3, -0.25) is 4.90 Å². The largest absolute Gasteiger partial charge is 0.303 e. The van der Waals surface area contributed by atoms with Gasteiger partial charge in [-0.1, -0.05) is 0 Å². The van der Waals surface area contributed by atoms with Crippen LogP contribution in [-0.4, -0.2) is 29.8 Å². The summed E-state index contributed by atoms with van der Waals surface area (Å²) in [6.45, 7) is 8.61. The van der Waals surface area contributed by atoms with Gasteiger partial charge < -0.3 is 4.79 Å². The number of nitrogens with zero attached hydrogens (tertiary/aromatic N) is 1. The van der Waals surface area contributed by atoms with Crippen molar-refractivity contribution in [2.24, 2.45) is 5.92 Å². The molecule has 2 heteroatoms. The van der Waals surface area contributed by atoms with Crippen LogP contribution in [0.25, 0.3) is 0 Å². The predicted octanol–water partition coefficient (Wildman–Crippen LogP) is 1.31. The first-order valence-electron chi connectivity index (χ1n) is 4.24. The molecule has 0 N–H and O–H groups in total. The van der Waals surface area contributed by atoms with Crippen LogP contribution in [0.15, 0.2) is 0 Å². The van der Waals surface area contributed by atoms with Crippen LogP contribution >= 0.6 is 0 Å². The van der Waals surface area contributed by atoms with Gasteiger partial charge in [0.1, 0.15) is 6.29 Å². The highest BCUT2D eigenvalue weighted by atomic mass is 16.1. The summed E-state index contributed by atoms with van der Waals surface area (Å²) in [5, 5.41) is 0. The van der Waals surface area contributed by atoms with Gasteiger partial charge in [-0.25, -0.2) is 0 Å². The van der Waals surface area contributed by atoms with Crippen molar-refractivity contribution in [3.05, 3.63) is 0 Å². The fraction of sp³-hybridized carbons (Fsp3) is 0.889. The second kappa shape index (κ2) is 2.94. The number of hydrogen-bond acceptors (Lipinski definition) is 2. The Morgan fingerprint density at radius 1 is 1.45 bits per heavy atom. The van der Waals surface area contributed by atoms with Crippen LogP contribution in [0.3, 0.4) is 0 Å². The molecule has 1 fully saturated rings. The molecule has 0 aromatic rings. The molecule has 1 heterocycles. The van der Waals surface area contributed by atoms with Crippen molar-refractivity contribution in [3.63, 3.8) is 0 Å². The summed E-state index contributed by atoms with van der Waals surface area (Å²) in [5.41, 5.74) is 0.234. The summed E-state index contributed by atoms with van der Waals surface area (Å²) in [7, 11) is 0. The summed E-state index contributed by atoms with van der Waals surface area (Å²) in [6.07, 6.45) is 2.13. The highest BCUT2D eigenvalue weighted by Gasteiger charge is 2.29. The molecular weight excluding hydrogens is 138 g/mol. The van der Waals surface area contributed by atoms with Crippen molar-refractivity contribution in [3.8, 4) is 0 Å². The zero-order valence-electron chi connectivity index (χ0n) is 7.63. The van der Waals surface area contributed by atoms with Gasteiger partial charge in [0, 0.05) is 18.0 Å². The summed E-state index contributed by atoms with van der Waals surface area (Å²) in [4.78, 5) is 12.8. The maximum atomic E-state index is 10.5. The third-order valence-electron chi connectivity index (χ3n) is 2.37. The molecule has 1 unspecified atom stereocenters. The molecule has 64 valence electrons. The number of rotatable bonds is 1. The van der Waals surface area contributed by atoms with Crippen LogP contribution in [0.4, 0.5) is 0 Å². The smallest absolute Gasteiger partial charge is 0.124 e. The van der Waals surface area contributed by atoms with E-state index < -0.39 is 0 Å². The molecule has 1 atom stereocenters. The van der Waals surface area contributed by atoms with Crippen molar-refractivity contribution < 1.29 is 4.79 Å². The molecule has 0 aromatic carbocycles. The van der Waals surface area contributed by atoms with Crippen LogP contribution in [-0.2, 0) is 4.79 Å². The van der Waals surface area contributed by atoms with Crippen molar-refractivity contribution >= 4 is 6.29 Å². The van der Waals surface area contributed by atoms with Gasteiger partial charge in [-0.2, -0.15) is 0 Å². The summed E-state index contributed by atoms with van der Waals surface area (Å²) in [6, 6.07) is 0. The number of carbonyl (C=O) groups is 1. The Morgan fingerprint density at radius 2 is 2.09 bits per heavy atom. The third kappa shape index (κ3) is 2.03. The van der Waals surface area contributed by atoms with Crippen LogP contribution in [0, 0.1) is 5.92 Å². The van der Waals surface area contributed by atoms with E-state index in [-0.39, 0.29) is 11.5 Å². The van der Waals surface area contributed by atoms with E-state index in [9.17, 15) is 4.79 Å². The quantitative estimate of drug-likeness (QED) is 0.532. The lowest BCUT2D eigenvalue weighted by Gasteiger charge is -2.31. The molecule has 0 saturated carbocycles. The summed E-state index contributed by atoms with van der Waals surface area (Å²) >= 11 is 0. The Morgan fingerprint density at radius 3 is 2.36 bits per heavy atom. The Labute approximate surface area is 68.6 Å². The van der Waals surface area contributed by atoms with Gasteiger partial charge in [-0.05, 0) is 33.7 Å². The first-order chi connectivity index (χ1) is 5.04. The first-order valence-corrected chi connectivity index (χ1v) is 4.24. The first kappa shape index (κ1) is 8.72. The normalized spacial score (nSPS) is 27.4. The average molecular weight is 155 g/mol. The molecule has 0 radical (unpaired) electrons. The Balaban J connectivity index is 2.48. The lowest BCUT2D eigenvalue weighted by molar-refractivity contribution is -0.110. The second-order valence-corrected chi connectivity index (χ2v) is 4.30. The average Bonchev–Trinajstić information content (AvgIpc) is 2.32. The van der Waals surface area contributed by atoms with Crippen LogP contribution < -0.4 is 0 Å². The van der Waals surface area contributed by atoms with Crippen molar-refractivity contribution in [2.75, 3.05) is 13.1 Å². The predicted molar refractivity (Wildman–Crippen MR) is 45.5 cm³/mol. The number of hydrogen-bond donors (Lipinski definition) is 0. The minimum atomic E-state index is 0.234. The van der Waals surface area contributed by atoms with Gasteiger partial charge in [-0.15, -0.1) is 0 Å². The molecule has 0 amide bonds. The fourth-order valence-corrected chi connectivity index (χ4v) is 1.51. The summed E-state index contributed by atoms with van der Waals surface area (Å²) in [5.74, 6) is 0.286. The van der Waals surface area contributed by atoms with E-state index in [0.29, 0.717) is 0 Å². The standard InChI is InChI=1S/C9H17NO/c1-9(2,3)10-5-4-8(6-10)7-11/h7-8H,4-6H2,1-3H3. The number of carbonyl (C=O) groups excluding carboxylic acids is 1. The van der Waals surface area contributed by atoms with Gasteiger partial charge in [0.2, 0.25) is 0 Å². The van der Waals surface area contributed by atoms with E-state index in [1.165, 1.54) is 0 Å². The summed E-state index contributed by atoms with van der Waals surface area (Å²) < 4.78 is 0. The van der Waals surface area contributed by atoms with E-state index in [2.05, 4.69) is 25.7 Å². The molecule has 11 heavy (non-hydrogen) atoms. The minimum Gasteiger partial charge on any atom is -0.303 e. The molecule has 1 aliphatic rings. The number of likely N-dealkylation sites (tertiary alicyclic amines) is 1. The molecule has 1 rings (SSSR count). The van der Waals surface area contributed by atoms with Crippen LogP contribution in [0.5, 0.6) is 0 Å². The Bertz CT molecular complexity index is 148. The zero-order chi connectivity index (χ0) is 8.48. The van der Waals surface area contributed by atoms with Crippen molar-refractivity contribution in [2.45, 2.75) is 32.7 Å². The molecule has 1 saturated heterocycles. The van der Waals surface area contributed by atoms with Gasteiger partial charge in [0.05, 0.1) is 0 Å². The van der Waals surface area contributed by atoms with E-state index in [0.717, 1.165) is 25.8 Å².